The molecule has 1 fully saturated rings. The van der Waals surface area contributed by atoms with Gasteiger partial charge in [-0.3, -0.25) is 4.79 Å². The Labute approximate surface area is 158 Å². The van der Waals surface area contributed by atoms with Gasteiger partial charge in [0.2, 0.25) is 0 Å². The van der Waals surface area contributed by atoms with Gasteiger partial charge in [0.25, 0.3) is 5.91 Å². The van der Waals surface area contributed by atoms with Gasteiger partial charge in [0.05, 0.1) is 0 Å². The molecule has 1 aliphatic rings. The molecule has 1 aliphatic heterocycles. The highest BCUT2D eigenvalue weighted by atomic mass is 35.5. The summed E-state index contributed by atoms with van der Waals surface area (Å²) < 4.78 is 0. The smallest absolute Gasteiger partial charge is 0.273 e. The zero-order chi connectivity index (χ0) is 17.2. The van der Waals surface area contributed by atoms with Crippen molar-refractivity contribution < 1.29 is 4.79 Å². The van der Waals surface area contributed by atoms with Crippen LogP contribution in [0.2, 0.25) is 5.02 Å². The predicted molar refractivity (Wildman–Crippen MR) is 103 cm³/mol. The minimum atomic E-state index is -0.0108. The molecule has 1 amide bonds. The zero-order valence-corrected chi connectivity index (χ0v) is 15.7. The second-order valence-electron chi connectivity index (χ2n) is 5.64. The fraction of sp³-hybridized carbons (Fsp3) is 0.235. The molecular formula is C17H15ClN4OS2. The number of carbonyl (C=O) groups is 1. The van der Waals surface area contributed by atoms with Gasteiger partial charge < -0.3 is 9.80 Å². The summed E-state index contributed by atoms with van der Waals surface area (Å²) in [6, 6.07) is 7.53. The maximum absolute atomic E-state index is 12.7. The molecule has 0 aliphatic carbocycles. The number of benzene rings is 1. The average molecular weight is 391 g/mol. The molecule has 0 bridgehead atoms. The van der Waals surface area contributed by atoms with Crippen LogP contribution in [0.15, 0.2) is 41.2 Å². The number of hydrogen-bond donors (Lipinski definition) is 0. The summed E-state index contributed by atoms with van der Waals surface area (Å²) in [5.41, 5.74) is 1.44. The van der Waals surface area contributed by atoms with Crippen LogP contribution in [0.3, 0.4) is 0 Å². The molecule has 0 spiro atoms. The van der Waals surface area contributed by atoms with E-state index in [9.17, 15) is 4.79 Å². The monoisotopic (exact) mass is 390 g/mol. The van der Waals surface area contributed by atoms with Crippen molar-refractivity contribution in [2.45, 2.75) is 0 Å². The number of amides is 1. The van der Waals surface area contributed by atoms with Crippen LogP contribution in [-0.2, 0) is 0 Å². The molecule has 3 heterocycles. The van der Waals surface area contributed by atoms with Crippen molar-refractivity contribution in [2.75, 3.05) is 31.1 Å². The summed E-state index contributed by atoms with van der Waals surface area (Å²) in [7, 11) is 0. The normalized spacial score (nSPS) is 14.8. The maximum atomic E-state index is 12.7. The van der Waals surface area contributed by atoms with E-state index in [2.05, 4.69) is 14.9 Å². The fourth-order valence-electron chi connectivity index (χ4n) is 2.76. The summed E-state index contributed by atoms with van der Waals surface area (Å²) in [6.45, 7) is 2.96. The lowest BCUT2D eigenvalue weighted by Gasteiger charge is -2.34. The highest BCUT2D eigenvalue weighted by Gasteiger charge is 2.25. The van der Waals surface area contributed by atoms with Crippen molar-refractivity contribution in [3.05, 3.63) is 51.9 Å². The number of piperazine rings is 1. The minimum Gasteiger partial charge on any atom is -0.345 e. The fourth-order valence-corrected chi connectivity index (χ4v) is 4.44. The molecule has 1 aromatic carbocycles. The number of halogens is 1. The van der Waals surface area contributed by atoms with Gasteiger partial charge in [0.15, 0.2) is 5.13 Å². The predicted octanol–water partition coefficient (Wildman–Crippen LogP) is 3.88. The van der Waals surface area contributed by atoms with E-state index in [-0.39, 0.29) is 5.91 Å². The molecule has 0 atom stereocenters. The van der Waals surface area contributed by atoms with Gasteiger partial charge in [-0.15, -0.1) is 22.7 Å². The molecule has 1 saturated heterocycles. The Bertz CT molecular complexity index is 872. The number of aromatic nitrogens is 2. The van der Waals surface area contributed by atoms with Crippen LogP contribution >= 0.6 is 34.3 Å². The van der Waals surface area contributed by atoms with Gasteiger partial charge in [0.1, 0.15) is 10.7 Å². The van der Waals surface area contributed by atoms with Crippen molar-refractivity contribution in [1.82, 2.24) is 14.9 Å². The van der Waals surface area contributed by atoms with E-state index in [1.165, 1.54) is 11.3 Å². The average Bonchev–Trinajstić information content (AvgIpc) is 3.33. The largest absolute Gasteiger partial charge is 0.345 e. The first-order valence-electron chi connectivity index (χ1n) is 7.86. The van der Waals surface area contributed by atoms with E-state index in [1.807, 2.05) is 46.1 Å². The number of carbonyl (C=O) groups excluding carboxylic acids is 1. The van der Waals surface area contributed by atoms with Gasteiger partial charge in [0, 0.05) is 53.7 Å². The van der Waals surface area contributed by atoms with Crippen LogP contribution in [0.1, 0.15) is 10.5 Å². The summed E-state index contributed by atoms with van der Waals surface area (Å²) >= 11 is 9.13. The molecule has 3 aromatic rings. The number of rotatable bonds is 3. The highest BCUT2D eigenvalue weighted by molar-refractivity contribution is 7.13. The van der Waals surface area contributed by atoms with Crippen molar-refractivity contribution in [2.24, 2.45) is 0 Å². The Morgan fingerprint density at radius 3 is 2.72 bits per heavy atom. The highest BCUT2D eigenvalue weighted by Crippen LogP contribution is 2.27. The Morgan fingerprint density at radius 2 is 2.00 bits per heavy atom. The molecule has 2 aromatic heterocycles. The Hall–Kier alpha value is -1.96. The number of anilines is 1. The van der Waals surface area contributed by atoms with E-state index >= 15 is 0 Å². The van der Waals surface area contributed by atoms with E-state index in [1.54, 1.807) is 11.3 Å². The van der Waals surface area contributed by atoms with Crippen LogP contribution in [-0.4, -0.2) is 47.0 Å². The Kier molecular flexibility index (Phi) is 4.70. The molecule has 128 valence electrons. The minimum absolute atomic E-state index is 0.0108. The van der Waals surface area contributed by atoms with E-state index < -0.39 is 0 Å². The molecular weight excluding hydrogens is 376 g/mol. The summed E-state index contributed by atoms with van der Waals surface area (Å²) in [5.74, 6) is -0.0108. The van der Waals surface area contributed by atoms with Crippen LogP contribution < -0.4 is 4.90 Å². The third-order valence-electron chi connectivity index (χ3n) is 4.05. The van der Waals surface area contributed by atoms with Crippen LogP contribution in [0, 0.1) is 0 Å². The first-order valence-corrected chi connectivity index (χ1v) is 9.99. The lowest BCUT2D eigenvalue weighted by Crippen LogP contribution is -2.48. The van der Waals surface area contributed by atoms with Crippen LogP contribution in [0.5, 0.6) is 0 Å². The van der Waals surface area contributed by atoms with Gasteiger partial charge >= 0.3 is 0 Å². The van der Waals surface area contributed by atoms with Gasteiger partial charge in [-0.2, -0.15) is 0 Å². The molecule has 0 unspecified atom stereocenters. The topological polar surface area (TPSA) is 49.3 Å². The van der Waals surface area contributed by atoms with Crippen molar-refractivity contribution in [3.8, 4) is 10.6 Å². The standard InChI is InChI=1S/C17H15ClN4OS2/c18-13-3-1-2-12(10-13)15-20-14(11-25-15)16(23)21-5-7-22(8-6-21)17-19-4-9-24-17/h1-4,9-11H,5-8H2. The van der Waals surface area contributed by atoms with Crippen molar-refractivity contribution in [3.63, 3.8) is 0 Å². The van der Waals surface area contributed by atoms with E-state index in [4.69, 9.17) is 11.6 Å². The second-order valence-corrected chi connectivity index (χ2v) is 7.81. The van der Waals surface area contributed by atoms with E-state index in [0.717, 1.165) is 28.8 Å². The molecule has 25 heavy (non-hydrogen) atoms. The zero-order valence-electron chi connectivity index (χ0n) is 13.3. The first kappa shape index (κ1) is 16.5. The third-order valence-corrected chi connectivity index (χ3v) is 6.01. The summed E-state index contributed by atoms with van der Waals surface area (Å²) in [5, 5.41) is 6.29. The summed E-state index contributed by atoms with van der Waals surface area (Å²) in [4.78, 5) is 25.6. The second kappa shape index (κ2) is 7.11. The Balaban J connectivity index is 1.44. The number of hydrogen-bond acceptors (Lipinski definition) is 6. The SMILES string of the molecule is O=C(c1csc(-c2cccc(Cl)c2)n1)N1CCN(c2nccs2)CC1. The molecule has 8 heteroatoms. The van der Waals surface area contributed by atoms with Gasteiger partial charge in [-0.05, 0) is 12.1 Å². The molecule has 0 radical (unpaired) electrons. The molecule has 0 saturated carbocycles. The maximum Gasteiger partial charge on any atom is 0.273 e. The Morgan fingerprint density at radius 1 is 1.16 bits per heavy atom. The lowest BCUT2D eigenvalue weighted by atomic mass is 10.2. The van der Waals surface area contributed by atoms with Gasteiger partial charge in [-0.25, -0.2) is 9.97 Å². The lowest BCUT2D eigenvalue weighted by molar-refractivity contribution is 0.0742. The quantitative estimate of drug-likeness (QED) is 0.680. The van der Waals surface area contributed by atoms with Crippen LogP contribution in [0.4, 0.5) is 5.13 Å². The first-order chi connectivity index (χ1) is 12.2. The van der Waals surface area contributed by atoms with Crippen molar-refractivity contribution >= 4 is 45.3 Å². The van der Waals surface area contributed by atoms with Crippen LogP contribution in [0.25, 0.3) is 10.6 Å². The van der Waals surface area contributed by atoms with Crippen molar-refractivity contribution in [1.29, 1.82) is 0 Å². The number of thiazole rings is 2. The van der Waals surface area contributed by atoms with E-state index in [0.29, 0.717) is 23.8 Å². The number of nitrogens with zero attached hydrogens (tertiary/aromatic N) is 4. The third kappa shape index (κ3) is 3.53. The molecule has 5 nitrogen and oxygen atoms in total. The van der Waals surface area contributed by atoms with Gasteiger partial charge in [-0.1, -0.05) is 23.7 Å². The molecule has 0 N–H and O–H groups in total. The molecule has 4 rings (SSSR count). The summed E-state index contributed by atoms with van der Waals surface area (Å²) in [6.07, 6.45) is 1.81.